The summed E-state index contributed by atoms with van der Waals surface area (Å²) in [4.78, 5) is 27.6. The van der Waals surface area contributed by atoms with Crippen LogP contribution in [0.2, 0.25) is 0 Å². The highest BCUT2D eigenvalue weighted by Gasteiger charge is 2.23. The van der Waals surface area contributed by atoms with Crippen molar-refractivity contribution in [1.29, 1.82) is 0 Å². The van der Waals surface area contributed by atoms with Crippen molar-refractivity contribution in [2.45, 2.75) is 13.8 Å². The molecule has 2 aromatic rings. The van der Waals surface area contributed by atoms with Crippen molar-refractivity contribution in [3.63, 3.8) is 0 Å². The molecule has 3 rings (SSSR count). The maximum atomic E-state index is 12.7. The normalized spacial score (nSPS) is 14.6. The number of hydrogen-bond acceptors (Lipinski definition) is 5. The molecule has 1 amide bonds. The molecule has 25 heavy (non-hydrogen) atoms. The number of carbonyl (C=O) groups is 1. The van der Waals surface area contributed by atoms with Crippen molar-refractivity contribution >= 4 is 17.7 Å². The number of benzene rings is 1. The Morgan fingerprint density at radius 3 is 2.40 bits per heavy atom. The van der Waals surface area contributed by atoms with Crippen LogP contribution in [0.3, 0.4) is 0 Å². The van der Waals surface area contributed by atoms with Crippen molar-refractivity contribution in [2.75, 3.05) is 50.1 Å². The lowest BCUT2D eigenvalue weighted by Gasteiger charge is -2.35. The van der Waals surface area contributed by atoms with E-state index in [0.717, 1.165) is 30.0 Å². The summed E-state index contributed by atoms with van der Waals surface area (Å²) in [6, 6.07) is 7.85. The van der Waals surface area contributed by atoms with E-state index in [9.17, 15) is 4.79 Å². The molecule has 0 spiro atoms. The molecule has 1 fully saturated rings. The monoisotopic (exact) mass is 339 g/mol. The first kappa shape index (κ1) is 17.2. The van der Waals surface area contributed by atoms with Gasteiger partial charge in [0, 0.05) is 52.0 Å². The minimum Gasteiger partial charge on any atom is -0.353 e. The second-order valence-electron chi connectivity index (χ2n) is 6.69. The number of aryl methyl sites for hydroxylation is 2. The van der Waals surface area contributed by atoms with Gasteiger partial charge in [-0.15, -0.1) is 0 Å². The van der Waals surface area contributed by atoms with E-state index < -0.39 is 0 Å². The van der Waals surface area contributed by atoms with E-state index in [1.54, 1.807) is 6.20 Å². The van der Waals surface area contributed by atoms with Crippen LogP contribution in [0, 0.1) is 13.8 Å². The molecule has 0 atom stereocenters. The molecule has 0 saturated carbocycles. The molecule has 6 heteroatoms. The summed E-state index contributed by atoms with van der Waals surface area (Å²) >= 11 is 0. The number of nitrogens with zero attached hydrogens (tertiary/aromatic N) is 5. The highest BCUT2D eigenvalue weighted by Crippen LogP contribution is 2.18. The van der Waals surface area contributed by atoms with E-state index in [-0.39, 0.29) is 5.91 Å². The summed E-state index contributed by atoms with van der Waals surface area (Å²) in [5.74, 6) is 1.72. The predicted molar refractivity (Wildman–Crippen MR) is 100 cm³/mol. The number of hydrogen-bond donors (Lipinski definition) is 0. The number of aromatic nitrogens is 2. The molecule has 0 unspecified atom stereocenters. The Labute approximate surface area is 149 Å². The number of rotatable bonds is 3. The quantitative estimate of drug-likeness (QED) is 0.857. The van der Waals surface area contributed by atoms with Gasteiger partial charge in [0.1, 0.15) is 5.82 Å². The fourth-order valence-electron chi connectivity index (χ4n) is 2.93. The van der Waals surface area contributed by atoms with Gasteiger partial charge < -0.3 is 14.7 Å². The van der Waals surface area contributed by atoms with Gasteiger partial charge in [-0.05, 0) is 43.2 Å². The van der Waals surface area contributed by atoms with Gasteiger partial charge in [0.05, 0.1) is 0 Å². The number of piperazine rings is 1. The van der Waals surface area contributed by atoms with E-state index in [1.807, 2.05) is 55.1 Å². The standard InChI is InChI=1S/C19H25N5O/c1-14-5-6-16(13-15(14)2)18(25)24-11-9-23(10-12-24)17-7-8-20-19(21-17)22(3)4/h5-8,13H,9-12H2,1-4H3. The lowest BCUT2D eigenvalue weighted by atomic mass is 10.1. The topological polar surface area (TPSA) is 52.6 Å². The molecule has 0 aliphatic carbocycles. The summed E-state index contributed by atoms with van der Waals surface area (Å²) in [5, 5.41) is 0. The van der Waals surface area contributed by atoms with E-state index >= 15 is 0 Å². The first-order valence-electron chi connectivity index (χ1n) is 8.57. The zero-order valence-corrected chi connectivity index (χ0v) is 15.4. The Morgan fingerprint density at radius 1 is 1.04 bits per heavy atom. The number of carbonyl (C=O) groups excluding carboxylic acids is 1. The van der Waals surface area contributed by atoms with Crippen LogP contribution in [-0.4, -0.2) is 61.0 Å². The minimum absolute atomic E-state index is 0.111. The maximum Gasteiger partial charge on any atom is 0.253 e. The van der Waals surface area contributed by atoms with Crippen molar-refractivity contribution in [1.82, 2.24) is 14.9 Å². The number of anilines is 2. The lowest BCUT2D eigenvalue weighted by Crippen LogP contribution is -2.49. The third kappa shape index (κ3) is 3.73. The van der Waals surface area contributed by atoms with Gasteiger partial charge in [0.2, 0.25) is 5.95 Å². The van der Waals surface area contributed by atoms with Gasteiger partial charge in [-0.3, -0.25) is 4.79 Å². The molecule has 1 aliphatic heterocycles. The molecule has 1 aliphatic rings. The van der Waals surface area contributed by atoms with Crippen LogP contribution < -0.4 is 9.80 Å². The summed E-state index contributed by atoms with van der Waals surface area (Å²) in [5.41, 5.74) is 3.14. The molecule has 0 radical (unpaired) electrons. The molecule has 0 N–H and O–H groups in total. The van der Waals surface area contributed by atoms with Crippen LogP contribution in [0.4, 0.5) is 11.8 Å². The number of amides is 1. The molecule has 1 aromatic carbocycles. The van der Waals surface area contributed by atoms with E-state index in [4.69, 9.17) is 0 Å². The molecule has 6 nitrogen and oxygen atoms in total. The SMILES string of the molecule is Cc1ccc(C(=O)N2CCN(c3ccnc(N(C)C)n3)CC2)cc1C. The predicted octanol–water partition coefficient (Wildman–Crippen LogP) is 2.12. The van der Waals surface area contributed by atoms with Crippen molar-refractivity contribution in [3.05, 3.63) is 47.2 Å². The second kappa shape index (κ2) is 7.09. The molecular weight excluding hydrogens is 314 g/mol. The Hall–Kier alpha value is -2.63. The first-order valence-corrected chi connectivity index (χ1v) is 8.57. The van der Waals surface area contributed by atoms with E-state index in [2.05, 4.69) is 21.8 Å². The molecule has 1 saturated heterocycles. The van der Waals surface area contributed by atoms with Gasteiger partial charge in [-0.2, -0.15) is 4.98 Å². The minimum atomic E-state index is 0.111. The van der Waals surface area contributed by atoms with Crippen molar-refractivity contribution < 1.29 is 4.79 Å². The Kier molecular flexibility index (Phi) is 4.88. The van der Waals surface area contributed by atoms with Crippen LogP contribution in [0.1, 0.15) is 21.5 Å². The van der Waals surface area contributed by atoms with Crippen LogP contribution in [0.25, 0.3) is 0 Å². The van der Waals surface area contributed by atoms with Crippen LogP contribution in [0.15, 0.2) is 30.5 Å². The third-order valence-corrected chi connectivity index (χ3v) is 4.67. The zero-order valence-electron chi connectivity index (χ0n) is 15.4. The fraction of sp³-hybridized carbons (Fsp3) is 0.421. The molecule has 2 heterocycles. The summed E-state index contributed by atoms with van der Waals surface area (Å²) in [6.07, 6.45) is 1.78. The highest BCUT2D eigenvalue weighted by atomic mass is 16.2. The van der Waals surface area contributed by atoms with Gasteiger partial charge in [-0.25, -0.2) is 4.98 Å². The molecular formula is C19H25N5O. The molecule has 1 aromatic heterocycles. The van der Waals surface area contributed by atoms with E-state index in [1.165, 1.54) is 5.56 Å². The van der Waals surface area contributed by atoms with Crippen molar-refractivity contribution in [2.24, 2.45) is 0 Å². The summed E-state index contributed by atoms with van der Waals surface area (Å²) < 4.78 is 0. The Bertz CT molecular complexity index is 766. The first-order chi connectivity index (χ1) is 12.0. The van der Waals surface area contributed by atoms with Crippen molar-refractivity contribution in [3.8, 4) is 0 Å². The fourth-order valence-corrected chi connectivity index (χ4v) is 2.93. The second-order valence-corrected chi connectivity index (χ2v) is 6.69. The summed E-state index contributed by atoms with van der Waals surface area (Å²) in [6.45, 7) is 7.06. The third-order valence-electron chi connectivity index (χ3n) is 4.67. The molecule has 132 valence electrons. The van der Waals surface area contributed by atoms with Gasteiger partial charge in [0.15, 0.2) is 0 Å². The summed E-state index contributed by atoms with van der Waals surface area (Å²) in [7, 11) is 3.86. The average Bonchev–Trinajstić information content (AvgIpc) is 2.63. The smallest absolute Gasteiger partial charge is 0.253 e. The maximum absolute atomic E-state index is 12.7. The Balaban J connectivity index is 1.66. The van der Waals surface area contributed by atoms with Crippen LogP contribution >= 0.6 is 0 Å². The van der Waals surface area contributed by atoms with Crippen LogP contribution in [0.5, 0.6) is 0 Å². The van der Waals surface area contributed by atoms with E-state index in [0.29, 0.717) is 19.0 Å². The Morgan fingerprint density at radius 2 is 1.76 bits per heavy atom. The van der Waals surface area contributed by atoms with Gasteiger partial charge in [-0.1, -0.05) is 6.07 Å². The lowest BCUT2D eigenvalue weighted by molar-refractivity contribution is 0.0746. The largest absolute Gasteiger partial charge is 0.353 e. The average molecular weight is 339 g/mol. The van der Waals surface area contributed by atoms with Gasteiger partial charge in [0.25, 0.3) is 5.91 Å². The zero-order chi connectivity index (χ0) is 18.0. The van der Waals surface area contributed by atoms with Crippen LogP contribution in [-0.2, 0) is 0 Å². The van der Waals surface area contributed by atoms with Gasteiger partial charge >= 0.3 is 0 Å². The molecule has 0 bridgehead atoms. The highest BCUT2D eigenvalue weighted by molar-refractivity contribution is 5.94.